The average molecular weight is 505 g/mol. The maximum absolute atomic E-state index is 13.3. The Balaban J connectivity index is 1.92. The van der Waals surface area contributed by atoms with Crippen LogP contribution in [0.1, 0.15) is 39.7 Å². The second-order valence-electron chi connectivity index (χ2n) is 10.8. The molecule has 1 aliphatic rings. The highest BCUT2D eigenvalue weighted by atomic mass is 16.1. The standard InChI is InChI=1S/C31H44N4O2/c1-7-28(29(23(4)36)19-22(2)3)30(24(5)37)31(33-26-11-9-8-10-12-26)34(6)20-25-13-15-27(16-14-25)35-18-17-32-21-35/h7-16,22,28-33H,1,17-21H2,2-6H3. The number of anilines is 2. The van der Waals surface area contributed by atoms with Crippen LogP contribution in [0.3, 0.4) is 0 Å². The molecule has 1 aliphatic heterocycles. The number of Topliss-reactive ketones (excluding diaryl/α,β-unsaturated/α-hetero) is 2. The number of nitrogens with zero attached hydrogens (tertiary/aromatic N) is 2. The third-order valence-corrected chi connectivity index (χ3v) is 7.37. The third kappa shape index (κ3) is 7.76. The van der Waals surface area contributed by atoms with Crippen LogP contribution in [-0.2, 0) is 16.1 Å². The molecule has 2 aromatic carbocycles. The molecule has 0 radical (unpaired) electrons. The smallest absolute Gasteiger partial charge is 0.136 e. The zero-order valence-electron chi connectivity index (χ0n) is 23.1. The van der Waals surface area contributed by atoms with Crippen molar-refractivity contribution in [3.63, 3.8) is 0 Å². The van der Waals surface area contributed by atoms with Crippen molar-refractivity contribution >= 4 is 22.9 Å². The lowest BCUT2D eigenvalue weighted by atomic mass is 9.73. The second-order valence-corrected chi connectivity index (χ2v) is 10.8. The van der Waals surface area contributed by atoms with E-state index in [0.717, 1.165) is 31.9 Å². The summed E-state index contributed by atoms with van der Waals surface area (Å²) < 4.78 is 0. The third-order valence-electron chi connectivity index (χ3n) is 7.37. The number of ketones is 2. The largest absolute Gasteiger partial charge is 0.369 e. The molecule has 2 N–H and O–H groups in total. The van der Waals surface area contributed by atoms with Crippen LogP contribution in [0.15, 0.2) is 67.3 Å². The van der Waals surface area contributed by atoms with Crippen molar-refractivity contribution in [1.29, 1.82) is 0 Å². The summed E-state index contributed by atoms with van der Waals surface area (Å²) in [6, 6.07) is 18.6. The fourth-order valence-electron chi connectivity index (χ4n) is 5.47. The van der Waals surface area contributed by atoms with E-state index < -0.39 is 5.92 Å². The summed E-state index contributed by atoms with van der Waals surface area (Å²) in [5, 5.41) is 7.00. The summed E-state index contributed by atoms with van der Waals surface area (Å²) in [6.45, 7) is 15.2. The Bertz CT molecular complexity index is 1020. The fourth-order valence-corrected chi connectivity index (χ4v) is 5.47. The first-order valence-electron chi connectivity index (χ1n) is 13.4. The van der Waals surface area contributed by atoms with E-state index in [1.54, 1.807) is 13.8 Å². The Kier molecular flexibility index (Phi) is 10.5. The van der Waals surface area contributed by atoms with E-state index in [1.165, 1.54) is 11.3 Å². The molecule has 1 fully saturated rings. The normalized spacial score (nSPS) is 16.9. The van der Waals surface area contributed by atoms with Gasteiger partial charge in [0, 0.05) is 36.9 Å². The van der Waals surface area contributed by atoms with Gasteiger partial charge < -0.3 is 10.2 Å². The number of benzene rings is 2. The van der Waals surface area contributed by atoms with Crippen LogP contribution < -0.4 is 15.5 Å². The first-order valence-corrected chi connectivity index (χ1v) is 13.4. The summed E-state index contributed by atoms with van der Waals surface area (Å²) in [4.78, 5) is 30.6. The molecule has 0 aromatic heterocycles. The summed E-state index contributed by atoms with van der Waals surface area (Å²) in [5.74, 6) is -0.466. The van der Waals surface area contributed by atoms with Gasteiger partial charge in [0.25, 0.3) is 0 Å². The van der Waals surface area contributed by atoms with Crippen LogP contribution in [-0.4, -0.2) is 49.4 Å². The van der Waals surface area contributed by atoms with Crippen LogP contribution >= 0.6 is 0 Å². The highest BCUT2D eigenvalue weighted by Gasteiger charge is 2.40. The van der Waals surface area contributed by atoms with Gasteiger partial charge in [0.1, 0.15) is 11.6 Å². The van der Waals surface area contributed by atoms with Gasteiger partial charge in [-0.3, -0.25) is 19.8 Å². The van der Waals surface area contributed by atoms with Crippen LogP contribution in [0.2, 0.25) is 0 Å². The number of hydrogen-bond donors (Lipinski definition) is 2. The monoisotopic (exact) mass is 504 g/mol. The second kappa shape index (κ2) is 13.5. The SMILES string of the molecule is C=CC(C(CC(C)C)C(C)=O)C(C(C)=O)C(Nc1ccccc1)N(C)Cc1ccc(N2CCNC2)cc1. The predicted octanol–water partition coefficient (Wildman–Crippen LogP) is 5.18. The Morgan fingerprint density at radius 2 is 1.76 bits per heavy atom. The molecular weight excluding hydrogens is 460 g/mol. The van der Waals surface area contributed by atoms with E-state index in [2.05, 4.69) is 65.1 Å². The maximum atomic E-state index is 13.3. The Morgan fingerprint density at radius 1 is 1.08 bits per heavy atom. The Labute approximate surface area is 223 Å². The first-order chi connectivity index (χ1) is 17.7. The number of carbonyl (C=O) groups is 2. The van der Waals surface area contributed by atoms with E-state index in [-0.39, 0.29) is 29.6 Å². The van der Waals surface area contributed by atoms with Crippen molar-refractivity contribution in [2.24, 2.45) is 23.7 Å². The molecule has 0 saturated carbocycles. The molecule has 6 heteroatoms. The van der Waals surface area contributed by atoms with Crippen LogP contribution in [0.4, 0.5) is 11.4 Å². The lowest BCUT2D eigenvalue weighted by Crippen LogP contribution is -2.50. The lowest BCUT2D eigenvalue weighted by molar-refractivity contribution is -0.128. The molecule has 200 valence electrons. The minimum absolute atomic E-state index is 0.0528. The van der Waals surface area contributed by atoms with Crippen molar-refractivity contribution < 1.29 is 9.59 Å². The quantitative estimate of drug-likeness (QED) is 0.273. The van der Waals surface area contributed by atoms with Crippen LogP contribution in [0.25, 0.3) is 0 Å². The van der Waals surface area contributed by atoms with Gasteiger partial charge in [-0.2, -0.15) is 0 Å². The summed E-state index contributed by atoms with van der Waals surface area (Å²) in [5.41, 5.74) is 3.32. The minimum Gasteiger partial charge on any atom is -0.369 e. The fraction of sp³-hybridized carbons (Fsp3) is 0.484. The van der Waals surface area contributed by atoms with Crippen LogP contribution in [0, 0.1) is 23.7 Å². The van der Waals surface area contributed by atoms with Gasteiger partial charge >= 0.3 is 0 Å². The van der Waals surface area contributed by atoms with Gasteiger partial charge in [-0.25, -0.2) is 0 Å². The van der Waals surface area contributed by atoms with Crippen molar-refractivity contribution in [2.45, 2.75) is 46.8 Å². The molecule has 4 atom stereocenters. The van der Waals surface area contributed by atoms with Gasteiger partial charge in [0.15, 0.2) is 0 Å². The van der Waals surface area contributed by atoms with Gasteiger partial charge in [-0.05, 0) is 69.0 Å². The van der Waals surface area contributed by atoms with Gasteiger partial charge in [-0.15, -0.1) is 6.58 Å². The predicted molar refractivity (Wildman–Crippen MR) is 153 cm³/mol. The minimum atomic E-state index is -0.440. The number of para-hydroxylation sites is 1. The molecule has 0 amide bonds. The summed E-state index contributed by atoms with van der Waals surface area (Å²) in [7, 11) is 2.04. The van der Waals surface area contributed by atoms with Gasteiger partial charge in [0.05, 0.1) is 18.8 Å². The van der Waals surface area contributed by atoms with E-state index in [1.807, 2.05) is 43.5 Å². The van der Waals surface area contributed by atoms with Gasteiger partial charge in [0.2, 0.25) is 0 Å². The number of allylic oxidation sites excluding steroid dienone is 1. The van der Waals surface area contributed by atoms with Crippen molar-refractivity contribution in [2.75, 3.05) is 37.0 Å². The van der Waals surface area contributed by atoms with E-state index in [9.17, 15) is 9.59 Å². The number of carbonyl (C=O) groups excluding carboxylic acids is 2. The maximum Gasteiger partial charge on any atom is 0.136 e. The summed E-state index contributed by atoms with van der Waals surface area (Å²) >= 11 is 0. The van der Waals surface area contributed by atoms with Crippen LogP contribution in [0.5, 0.6) is 0 Å². The zero-order valence-corrected chi connectivity index (χ0v) is 23.1. The molecule has 0 aliphatic carbocycles. The van der Waals surface area contributed by atoms with E-state index >= 15 is 0 Å². The van der Waals surface area contributed by atoms with Crippen molar-refractivity contribution in [3.8, 4) is 0 Å². The number of hydrogen-bond acceptors (Lipinski definition) is 6. The number of rotatable bonds is 14. The molecule has 3 rings (SSSR count). The molecule has 2 aromatic rings. The summed E-state index contributed by atoms with van der Waals surface area (Å²) in [6.07, 6.45) is 2.23. The zero-order chi connectivity index (χ0) is 26.9. The van der Waals surface area contributed by atoms with E-state index in [0.29, 0.717) is 12.5 Å². The van der Waals surface area contributed by atoms with Crippen molar-refractivity contribution in [3.05, 3.63) is 72.8 Å². The lowest BCUT2D eigenvalue weighted by Gasteiger charge is -2.40. The number of nitrogens with one attached hydrogen (secondary N) is 2. The molecule has 0 bridgehead atoms. The highest BCUT2D eigenvalue weighted by Crippen LogP contribution is 2.34. The molecule has 1 heterocycles. The molecular formula is C31H44N4O2. The highest BCUT2D eigenvalue weighted by molar-refractivity contribution is 5.83. The van der Waals surface area contributed by atoms with Crippen molar-refractivity contribution in [1.82, 2.24) is 10.2 Å². The molecule has 0 spiro atoms. The van der Waals surface area contributed by atoms with Gasteiger partial charge in [-0.1, -0.05) is 50.3 Å². The van der Waals surface area contributed by atoms with E-state index in [4.69, 9.17) is 0 Å². The molecule has 4 unspecified atom stereocenters. The molecule has 6 nitrogen and oxygen atoms in total. The Hall–Kier alpha value is -2.96. The Morgan fingerprint density at radius 3 is 2.27 bits per heavy atom. The topological polar surface area (TPSA) is 64.7 Å². The molecule has 1 saturated heterocycles. The molecule has 37 heavy (non-hydrogen) atoms. The first kappa shape index (κ1) is 28.6. The average Bonchev–Trinajstić information content (AvgIpc) is 3.40.